The number of carbonyl (C=O) groups excluding carboxylic acids is 2. The molecule has 13 heteroatoms. The average Bonchev–Trinajstić information content (AvgIpc) is 3.70. The van der Waals surface area contributed by atoms with Crippen LogP contribution < -0.4 is 10.6 Å². The predicted molar refractivity (Wildman–Crippen MR) is 153 cm³/mol. The summed E-state index contributed by atoms with van der Waals surface area (Å²) in [6.07, 6.45) is 1.76. The van der Waals surface area contributed by atoms with Crippen LogP contribution in [0, 0.1) is 0 Å². The van der Waals surface area contributed by atoms with E-state index in [9.17, 15) is 9.59 Å². The van der Waals surface area contributed by atoms with Crippen molar-refractivity contribution < 1.29 is 18.8 Å². The number of amides is 2. The molecule has 2 aliphatic rings. The molecule has 0 bridgehead atoms. The number of aromatic nitrogens is 3. The Kier molecular flexibility index (Phi) is 9.53. The highest BCUT2D eigenvalue weighted by atomic mass is 35.5. The minimum atomic E-state index is -0.319. The number of nitrogens with one attached hydrogen (secondary N) is 2. The molecule has 2 saturated heterocycles. The lowest BCUT2D eigenvalue weighted by Gasteiger charge is -2.34. The lowest BCUT2D eigenvalue weighted by molar-refractivity contribution is 0.0383. The molecule has 5 heterocycles. The van der Waals surface area contributed by atoms with Crippen LogP contribution in [0.3, 0.4) is 0 Å². The molecule has 0 aromatic carbocycles. The van der Waals surface area contributed by atoms with Gasteiger partial charge < -0.3 is 24.8 Å². The highest BCUT2D eigenvalue weighted by molar-refractivity contribution is 7.19. The minimum Gasteiger partial charge on any atom is -0.379 e. The number of likely N-dealkylation sites (tertiary alicyclic amines) is 1. The van der Waals surface area contributed by atoms with Crippen LogP contribution in [0.1, 0.15) is 53.4 Å². The molecule has 0 aliphatic carbocycles. The molecule has 0 spiro atoms. The van der Waals surface area contributed by atoms with Gasteiger partial charge in [0.15, 0.2) is 11.5 Å². The Morgan fingerprint density at radius 2 is 1.90 bits per heavy atom. The zero-order valence-electron chi connectivity index (χ0n) is 22.9. The monoisotopic (exact) mass is 589 g/mol. The van der Waals surface area contributed by atoms with Crippen molar-refractivity contribution >= 4 is 34.8 Å². The highest BCUT2D eigenvalue weighted by Gasteiger charge is 2.26. The van der Waals surface area contributed by atoms with Gasteiger partial charge >= 0.3 is 0 Å². The topological polar surface area (TPSA) is 118 Å². The third kappa shape index (κ3) is 7.29. The van der Waals surface area contributed by atoms with E-state index in [0.29, 0.717) is 47.3 Å². The van der Waals surface area contributed by atoms with E-state index in [0.717, 1.165) is 50.4 Å². The summed E-state index contributed by atoms with van der Waals surface area (Å²) < 4.78 is 13.1. The van der Waals surface area contributed by atoms with Crippen molar-refractivity contribution in [3.05, 3.63) is 45.7 Å². The number of thiophene rings is 1. The fourth-order valence-electron chi connectivity index (χ4n) is 5.00. The molecule has 5 rings (SSSR count). The number of ether oxygens (including phenoxy) is 1. The number of hydrogen-bond acceptors (Lipinski definition) is 9. The first kappa shape index (κ1) is 28.7. The van der Waals surface area contributed by atoms with Crippen molar-refractivity contribution in [3.63, 3.8) is 0 Å². The number of rotatable bonds is 10. The third-order valence-corrected chi connectivity index (χ3v) is 8.59. The maximum atomic E-state index is 13.4. The number of halogens is 1. The van der Waals surface area contributed by atoms with Gasteiger partial charge in [-0.15, -0.1) is 11.3 Å². The summed E-state index contributed by atoms with van der Waals surface area (Å²) >= 11 is 7.46. The van der Waals surface area contributed by atoms with Crippen LogP contribution in [0.4, 0.5) is 0 Å². The molecule has 2 amide bonds. The van der Waals surface area contributed by atoms with Gasteiger partial charge in [0.2, 0.25) is 0 Å². The molecule has 0 unspecified atom stereocenters. The second kappa shape index (κ2) is 13.3. The van der Waals surface area contributed by atoms with Gasteiger partial charge in [0.1, 0.15) is 11.4 Å². The van der Waals surface area contributed by atoms with Gasteiger partial charge in [0.25, 0.3) is 11.8 Å². The molecule has 11 nitrogen and oxygen atoms in total. The highest BCUT2D eigenvalue weighted by Crippen LogP contribution is 2.31. The third-order valence-electron chi connectivity index (χ3n) is 7.34. The van der Waals surface area contributed by atoms with E-state index in [1.165, 1.54) is 16.0 Å². The summed E-state index contributed by atoms with van der Waals surface area (Å²) in [6.45, 7) is 10.8. The number of piperidine rings is 1. The van der Waals surface area contributed by atoms with E-state index in [1.807, 2.05) is 6.07 Å². The van der Waals surface area contributed by atoms with Gasteiger partial charge in [0, 0.05) is 63.5 Å². The Morgan fingerprint density at radius 1 is 1.12 bits per heavy atom. The zero-order valence-corrected chi connectivity index (χ0v) is 24.5. The van der Waals surface area contributed by atoms with Crippen LogP contribution in [-0.4, -0.2) is 101 Å². The Balaban J connectivity index is 1.28. The molecule has 2 N–H and O–H groups in total. The number of morpholine rings is 1. The first-order valence-corrected chi connectivity index (χ1v) is 15.0. The Hall–Kier alpha value is -2.77. The molecule has 2 fully saturated rings. The van der Waals surface area contributed by atoms with E-state index in [1.54, 1.807) is 18.2 Å². The van der Waals surface area contributed by atoms with E-state index in [4.69, 9.17) is 20.9 Å². The summed E-state index contributed by atoms with van der Waals surface area (Å²) in [6, 6.07) is 7.58. The van der Waals surface area contributed by atoms with Crippen LogP contribution in [0.15, 0.2) is 28.8 Å². The Morgan fingerprint density at radius 3 is 2.60 bits per heavy atom. The fourth-order valence-corrected chi connectivity index (χ4v) is 5.99. The lowest BCUT2D eigenvalue weighted by Crippen LogP contribution is -2.46. The summed E-state index contributed by atoms with van der Waals surface area (Å²) in [5.74, 6) is 0.0139. The van der Waals surface area contributed by atoms with Gasteiger partial charge in [-0.25, -0.2) is 0 Å². The quantitative estimate of drug-likeness (QED) is 0.371. The maximum Gasteiger partial charge on any atom is 0.271 e. The molecule has 0 atom stereocenters. The minimum absolute atomic E-state index is 0.0684. The van der Waals surface area contributed by atoms with Crippen molar-refractivity contribution in [1.82, 2.24) is 35.4 Å². The second-order valence-corrected chi connectivity index (χ2v) is 12.2. The van der Waals surface area contributed by atoms with Crippen molar-refractivity contribution in [1.29, 1.82) is 0 Å². The van der Waals surface area contributed by atoms with Crippen molar-refractivity contribution in [2.24, 2.45) is 0 Å². The van der Waals surface area contributed by atoms with E-state index < -0.39 is 0 Å². The second-order valence-electron chi connectivity index (χ2n) is 10.4. The van der Waals surface area contributed by atoms with Gasteiger partial charge in [-0.05, 0) is 38.8 Å². The molecule has 0 radical (unpaired) electrons. The predicted octanol–water partition coefficient (Wildman–Crippen LogP) is 2.97. The molecule has 3 aromatic heterocycles. The largest absolute Gasteiger partial charge is 0.379 e. The Bertz CT molecular complexity index is 1290. The summed E-state index contributed by atoms with van der Waals surface area (Å²) in [7, 11) is 0. The molecular formula is C27H36ClN7O4S. The molecule has 0 saturated carbocycles. The van der Waals surface area contributed by atoms with Crippen molar-refractivity contribution in [2.75, 3.05) is 52.5 Å². The van der Waals surface area contributed by atoms with Crippen LogP contribution in [-0.2, 0) is 11.3 Å². The first-order chi connectivity index (χ1) is 19.4. The normalized spacial score (nSPS) is 17.4. The van der Waals surface area contributed by atoms with E-state index in [-0.39, 0.29) is 30.1 Å². The fraction of sp³-hybridized carbons (Fsp3) is 0.556. The van der Waals surface area contributed by atoms with Gasteiger partial charge in [0.05, 0.1) is 29.0 Å². The molecular weight excluding hydrogens is 554 g/mol. The van der Waals surface area contributed by atoms with Crippen molar-refractivity contribution in [3.8, 4) is 10.6 Å². The van der Waals surface area contributed by atoms with Crippen LogP contribution in [0.25, 0.3) is 10.6 Å². The summed E-state index contributed by atoms with van der Waals surface area (Å²) in [5, 5.41) is 14.8. The molecule has 3 aromatic rings. The van der Waals surface area contributed by atoms with Gasteiger partial charge in [-0.3, -0.25) is 19.2 Å². The molecule has 216 valence electrons. The smallest absolute Gasteiger partial charge is 0.271 e. The molecule has 2 aliphatic heterocycles. The number of nitrogens with zero attached hydrogens (tertiary/aromatic N) is 5. The van der Waals surface area contributed by atoms with Gasteiger partial charge in [-0.1, -0.05) is 16.8 Å². The first-order valence-electron chi connectivity index (χ1n) is 13.8. The van der Waals surface area contributed by atoms with E-state index >= 15 is 0 Å². The van der Waals surface area contributed by atoms with Crippen molar-refractivity contribution in [2.45, 2.75) is 45.3 Å². The van der Waals surface area contributed by atoms with Crippen LogP contribution in [0.5, 0.6) is 0 Å². The van der Waals surface area contributed by atoms with E-state index in [2.05, 4.69) is 44.5 Å². The van der Waals surface area contributed by atoms with Crippen LogP contribution >= 0.6 is 22.9 Å². The zero-order chi connectivity index (χ0) is 28.1. The lowest BCUT2D eigenvalue weighted by atomic mass is 10.0. The number of hydrogen-bond donors (Lipinski definition) is 2. The maximum absolute atomic E-state index is 13.4. The SMILES string of the molecule is CC(C)N1CCC(NC(=O)c2cc(C(=O)NCCN3CCOCC3)nn2Cc2cc(-c3ccc(Cl)s3)on2)CC1. The standard InChI is InChI=1S/C27H36ClN7O4S/c1-18(2)34-8-5-19(6-9-34)30-27(37)22-16-21(26(36)29-7-10-33-11-13-38-14-12-33)31-35(22)17-20-15-23(39-32-20)24-3-4-25(28)40-24/h3-4,15-16,18-19H,5-14,17H2,1-2H3,(H,29,36)(H,30,37). The average molecular weight is 590 g/mol. The summed E-state index contributed by atoms with van der Waals surface area (Å²) in [5.41, 5.74) is 1.09. The van der Waals surface area contributed by atoms with Crippen LogP contribution in [0.2, 0.25) is 4.34 Å². The van der Waals surface area contributed by atoms with Gasteiger partial charge in [-0.2, -0.15) is 5.10 Å². The Labute approximate surface area is 242 Å². The summed E-state index contributed by atoms with van der Waals surface area (Å²) in [4.78, 5) is 31.9. The number of carbonyl (C=O) groups is 2. The molecule has 40 heavy (non-hydrogen) atoms.